The number of anilines is 1. The number of halogens is 3. The molecule has 2 aliphatic rings. The normalized spacial score (nSPS) is 17.4. The van der Waals surface area contributed by atoms with Crippen molar-refractivity contribution in [1.82, 2.24) is 34.6 Å². The maximum atomic E-state index is 13.5. The van der Waals surface area contributed by atoms with Crippen LogP contribution in [0.4, 0.5) is 23.8 Å². The van der Waals surface area contributed by atoms with Crippen LogP contribution in [0.1, 0.15) is 29.4 Å². The molecule has 0 saturated carbocycles. The monoisotopic (exact) mass is 700 g/mol. The molecule has 2 aliphatic heterocycles. The van der Waals surface area contributed by atoms with Gasteiger partial charge in [0.25, 0.3) is 0 Å². The van der Waals surface area contributed by atoms with Crippen LogP contribution in [-0.4, -0.2) is 105 Å². The molecule has 3 N–H and O–H groups in total. The number of aromatic carboxylic acids is 1. The van der Waals surface area contributed by atoms with E-state index in [9.17, 15) is 32.7 Å². The number of nitrogens with zero attached hydrogens (tertiary/aromatic N) is 6. The van der Waals surface area contributed by atoms with E-state index >= 15 is 0 Å². The molecule has 1 atom stereocenters. The van der Waals surface area contributed by atoms with Crippen LogP contribution in [0.2, 0.25) is 0 Å². The highest BCUT2D eigenvalue weighted by Gasteiger charge is 2.34. The first-order valence-electron chi connectivity index (χ1n) is 15.9. The fourth-order valence-electron chi connectivity index (χ4n) is 6.14. The third-order valence-corrected chi connectivity index (χ3v) is 9.50. The number of ether oxygens (including phenoxy) is 1. The summed E-state index contributed by atoms with van der Waals surface area (Å²) >= 11 is 0.758. The van der Waals surface area contributed by atoms with Gasteiger partial charge in [0.2, 0.25) is 5.43 Å². The zero-order chi connectivity index (χ0) is 34.7. The van der Waals surface area contributed by atoms with E-state index in [4.69, 9.17) is 4.74 Å². The Kier molecular flexibility index (Phi) is 10.2. The average molecular weight is 701 g/mol. The third-order valence-electron chi connectivity index (χ3n) is 8.62. The van der Waals surface area contributed by atoms with Crippen LogP contribution in [0.5, 0.6) is 0 Å². The predicted molar refractivity (Wildman–Crippen MR) is 177 cm³/mol. The van der Waals surface area contributed by atoms with Crippen LogP contribution in [0.25, 0.3) is 32.7 Å². The number of morpholine rings is 1. The number of carbonyl (C=O) groups is 2. The molecule has 0 unspecified atom stereocenters. The topological polar surface area (TPSA) is 155 Å². The Hall–Kier alpha value is -4.45. The van der Waals surface area contributed by atoms with Crippen LogP contribution in [-0.2, 0) is 17.5 Å². The van der Waals surface area contributed by atoms with Crippen LogP contribution < -0.4 is 16.1 Å². The third kappa shape index (κ3) is 7.90. The van der Waals surface area contributed by atoms with Crippen molar-refractivity contribution < 1.29 is 32.6 Å². The first kappa shape index (κ1) is 34.4. The highest BCUT2D eigenvalue weighted by Crippen LogP contribution is 2.38. The zero-order valence-corrected chi connectivity index (χ0v) is 27.4. The minimum absolute atomic E-state index is 0.000114. The molecule has 2 saturated heterocycles. The molecule has 0 aromatic carbocycles. The molecule has 2 fully saturated rings. The molecule has 0 bridgehead atoms. The van der Waals surface area contributed by atoms with Crippen LogP contribution in [0.15, 0.2) is 40.9 Å². The van der Waals surface area contributed by atoms with Crippen molar-refractivity contribution in [2.75, 3.05) is 64.3 Å². The molecule has 6 rings (SSSR count). The van der Waals surface area contributed by atoms with Crippen LogP contribution in [0.3, 0.4) is 0 Å². The smallest absolute Gasteiger partial charge is 0.434 e. The van der Waals surface area contributed by atoms with Crippen molar-refractivity contribution >= 4 is 40.2 Å². The number of pyridine rings is 3. The first-order valence-corrected chi connectivity index (χ1v) is 16.8. The molecular weight excluding hydrogens is 665 g/mol. The predicted octanol–water partition coefficient (Wildman–Crippen LogP) is 4.09. The molecule has 4 aromatic heterocycles. The van der Waals surface area contributed by atoms with Gasteiger partial charge in [-0.3, -0.25) is 15.0 Å². The quantitative estimate of drug-likeness (QED) is 0.220. The van der Waals surface area contributed by atoms with Gasteiger partial charge in [0.05, 0.1) is 18.6 Å². The summed E-state index contributed by atoms with van der Waals surface area (Å²) in [6, 6.07) is 2.32. The van der Waals surface area contributed by atoms with Gasteiger partial charge in [-0.05, 0) is 37.9 Å². The summed E-state index contributed by atoms with van der Waals surface area (Å²) < 4.78 is 47.6. The first-order chi connectivity index (χ1) is 23.5. The second kappa shape index (κ2) is 14.6. The number of carboxylic acids is 1. The van der Waals surface area contributed by atoms with Crippen molar-refractivity contribution in [1.29, 1.82) is 0 Å². The molecule has 260 valence electrons. The van der Waals surface area contributed by atoms with Gasteiger partial charge >= 0.3 is 18.2 Å². The van der Waals surface area contributed by atoms with E-state index in [0.717, 1.165) is 75.6 Å². The fourth-order valence-corrected chi connectivity index (χ4v) is 7.00. The number of carboxylic acid groups (broad SMARTS) is 1. The molecule has 0 aliphatic carbocycles. The number of rotatable bonds is 10. The lowest BCUT2D eigenvalue weighted by Crippen LogP contribution is -2.41. The Morgan fingerprint density at radius 3 is 2.57 bits per heavy atom. The molecule has 4 aromatic rings. The van der Waals surface area contributed by atoms with Gasteiger partial charge < -0.3 is 24.6 Å². The number of hydrogen-bond donors (Lipinski definition) is 3. The number of alkyl halides is 3. The minimum atomic E-state index is -4.67. The minimum Gasteiger partial charge on any atom is -0.477 e. The van der Waals surface area contributed by atoms with E-state index in [1.165, 1.54) is 30.7 Å². The van der Waals surface area contributed by atoms with E-state index in [1.807, 2.05) is 0 Å². The highest BCUT2D eigenvalue weighted by atomic mass is 32.1. The van der Waals surface area contributed by atoms with Crippen molar-refractivity contribution in [3.63, 3.8) is 0 Å². The van der Waals surface area contributed by atoms with Crippen LogP contribution >= 0.6 is 11.3 Å². The van der Waals surface area contributed by atoms with E-state index in [1.54, 1.807) is 11.5 Å². The van der Waals surface area contributed by atoms with Crippen molar-refractivity contribution in [3.8, 4) is 21.7 Å². The number of nitrogens with one attached hydrogen (secondary N) is 2. The standard InChI is InChI=1S/C32H35F3N8O5S/c1-2-36-31(47)40-26-12-21(29-39-25(18-49-29)32(33,34)35)23(14-37-26)20-11-22-27(44)24(30(45)46)17-43(28(22)38-13-20)16-19-3-4-42(15-19)6-5-41-7-9-48-10-8-41/h11-14,17-19H,2-10,15-16H2,1H3,(H,45,46)(H2,36,37,40,47)/t19-/m0/s1. The van der Waals surface area contributed by atoms with E-state index < -0.39 is 34.9 Å². The molecule has 17 heteroatoms. The Morgan fingerprint density at radius 1 is 1.08 bits per heavy atom. The Labute approximate surface area is 282 Å². The molecule has 0 spiro atoms. The summed E-state index contributed by atoms with van der Waals surface area (Å²) in [7, 11) is 0. The zero-order valence-electron chi connectivity index (χ0n) is 26.6. The lowest BCUT2D eigenvalue weighted by molar-refractivity contribution is -0.140. The number of thiazole rings is 1. The van der Waals surface area contributed by atoms with E-state index in [0.29, 0.717) is 24.3 Å². The molecule has 6 heterocycles. The summed E-state index contributed by atoms with van der Waals surface area (Å²) in [4.78, 5) is 55.2. The number of carbonyl (C=O) groups excluding carboxylic acids is 1. The van der Waals surface area contributed by atoms with Gasteiger partial charge in [-0.15, -0.1) is 11.3 Å². The van der Waals surface area contributed by atoms with Gasteiger partial charge in [-0.2, -0.15) is 13.2 Å². The second-order valence-corrected chi connectivity index (χ2v) is 12.8. The summed E-state index contributed by atoms with van der Waals surface area (Å²) in [5.41, 5.74) is -1.12. The summed E-state index contributed by atoms with van der Waals surface area (Å²) in [6.07, 6.45) is 0.372. The Morgan fingerprint density at radius 2 is 1.86 bits per heavy atom. The molecule has 13 nitrogen and oxygen atoms in total. The van der Waals surface area contributed by atoms with Gasteiger partial charge in [-0.25, -0.2) is 24.5 Å². The Bertz CT molecular complexity index is 1910. The molecule has 49 heavy (non-hydrogen) atoms. The molecule has 0 radical (unpaired) electrons. The van der Waals surface area contributed by atoms with Gasteiger partial charge in [-0.1, -0.05) is 0 Å². The number of likely N-dealkylation sites (tertiary alicyclic amines) is 1. The second-order valence-electron chi connectivity index (χ2n) is 12.0. The highest BCUT2D eigenvalue weighted by molar-refractivity contribution is 7.13. The van der Waals surface area contributed by atoms with Crippen molar-refractivity contribution in [2.24, 2.45) is 5.92 Å². The van der Waals surface area contributed by atoms with Crippen molar-refractivity contribution in [3.05, 3.63) is 57.6 Å². The lowest BCUT2D eigenvalue weighted by Gasteiger charge is -2.28. The van der Waals surface area contributed by atoms with E-state index in [-0.39, 0.29) is 33.3 Å². The maximum Gasteiger partial charge on any atom is 0.434 e. The number of aromatic nitrogens is 4. The van der Waals surface area contributed by atoms with E-state index in [2.05, 4.69) is 35.4 Å². The summed E-state index contributed by atoms with van der Waals surface area (Å²) in [5, 5.41) is 16.0. The summed E-state index contributed by atoms with van der Waals surface area (Å²) in [5.74, 6) is -1.12. The number of amides is 2. The lowest BCUT2D eigenvalue weighted by atomic mass is 10.0. The fraction of sp³-hybridized carbons (Fsp3) is 0.438. The SMILES string of the molecule is CCNC(=O)Nc1cc(-c2nc(C(F)(F)F)cs2)c(-c2cnc3c(c2)c(=O)c(C(=O)O)cn3C[C@H]2CCN(CCN3CCOCC3)C2)cn1. The molecule has 2 amide bonds. The number of hydrogen-bond acceptors (Lipinski definition) is 10. The van der Waals surface area contributed by atoms with Crippen molar-refractivity contribution in [2.45, 2.75) is 26.1 Å². The summed E-state index contributed by atoms with van der Waals surface area (Å²) in [6.45, 7) is 9.41. The van der Waals surface area contributed by atoms with Gasteiger partial charge in [0, 0.05) is 86.5 Å². The number of fused-ring (bicyclic) bond motifs is 1. The molecular formula is C32H35F3N8O5S. The Balaban J connectivity index is 1.33. The van der Waals surface area contributed by atoms with Gasteiger partial charge in [0.1, 0.15) is 22.0 Å². The largest absolute Gasteiger partial charge is 0.477 e. The van der Waals surface area contributed by atoms with Gasteiger partial charge in [0.15, 0.2) is 5.69 Å². The average Bonchev–Trinajstić information content (AvgIpc) is 3.76. The maximum absolute atomic E-state index is 13.5. The number of urea groups is 1. The van der Waals surface area contributed by atoms with Crippen LogP contribution in [0, 0.1) is 5.92 Å².